The molecule has 1 saturated heterocycles. The molecule has 1 aromatic carbocycles. The number of nitrogens with one attached hydrogen (secondary N) is 1. The summed E-state index contributed by atoms with van der Waals surface area (Å²) < 4.78 is 17.0. The van der Waals surface area contributed by atoms with Gasteiger partial charge in [-0.05, 0) is 17.7 Å². The first kappa shape index (κ1) is 21.8. The Kier molecular flexibility index (Phi) is 7.34. The van der Waals surface area contributed by atoms with E-state index in [0.717, 1.165) is 0 Å². The van der Waals surface area contributed by atoms with Crippen molar-refractivity contribution in [1.82, 2.24) is 5.32 Å². The Morgan fingerprint density at radius 3 is 2.55 bits per heavy atom. The molecule has 1 aromatic heterocycles. The fourth-order valence-corrected chi connectivity index (χ4v) is 4.49. The van der Waals surface area contributed by atoms with Gasteiger partial charge in [0.05, 0.1) is 14.2 Å². The molecule has 2 atom stereocenters. The van der Waals surface area contributed by atoms with E-state index in [2.05, 4.69) is 5.32 Å². The smallest absolute Gasteiger partial charge is 0.324 e. The van der Waals surface area contributed by atoms with Gasteiger partial charge < -0.3 is 19.4 Å². The largest absolute Gasteiger partial charge is 0.619 e. The lowest BCUT2D eigenvalue weighted by atomic mass is 10.0. The van der Waals surface area contributed by atoms with Gasteiger partial charge in [-0.3, -0.25) is 10.1 Å². The number of halogens is 2. The third-order valence-corrected chi connectivity index (χ3v) is 6.08. The number of esters is 1. The molecular weight excluding hydrogens is 439 g/mol. The van der Waals surface area contributed by atoms with E-state index in [9.17, 15) is 10.0 Å². The highest BCUT2D eigenvalue weighted by molar-refractivity contribution is 7.99. The molecule has 0 bridgehead atoms. The van der Waals surface area contributed by atoms with E-state index in [-0.39, 0.29) is 28.5 Å². The average molecular weight is 459 g/mol. The van der Waals surface area contributed by atoms with Crippen molar-refractivity contribution in [3.8, 4) is 11.5 Å². The average Bonchev–Trinajstić information content (AvgIpc) is 3.24. The maximum absolute atomic E-state index is 12.6. The van der Waals surface area contributed by atoms with Gasteiger partial charge in [0.25, 0.3) is 0 Å². The number of aromatic nitrogens is 1. The van der Waals surface area contributed by atoms with Crippen molar-refractivity contribution >= 4 is 40.9 Å². The lowest BCUT2D eigenvalue weighted by Gasteiger charge is -2.22. The summed E-state index contributed by atoms with van der Waals surface area (Å²) in [4.78, 5) is 12.6. The molecule has 0 radical (unpaired) electrons. The minimum absolute atomic E-state index is 0.194. The SMILES string of the molecule is COc1ccc([C@H](Cc2c(Cl)c[n+]([O-])cc2Cl)OC(=O)[C@@H]2CSCN2)cc1OC. The van der Waals surface area contributed by atoms with Gasteiger partial charge in [-0.1, -0.05) is 29.3 Å². The van der Waals surface area contributed by atoms with Crippen molar-refractivity contribution in [3.63, 3.8) is 0 Å². The molecule has 29 heavy (non-hydrogen) atoms. The fourth-order valence-electron chi connectivity index (χ4n) is 2.96. The Morgan fingerprint density at radius 1 is 1.28 bits per heavy atom. The topological polar surface area (TPSA) is 83.7 Å². The molecule has 0 spiro atoms. The fraction of sp³-hybridized carbons (Fsp3) is 0.368. The predicted molar refractivity (Wildman–Crippen MR) is 112 cm³/mol. The van der Waals surface area contributed by atoms with Gasteiger partial charge in [0, 0.05) is 23.6 Å². The molecule has 1 N–H and O–H groups in total. The van der Waals surface area contributed by atoms with Gasteiger partial charge in [-0.2, -0.15) is 4.73 Å². The van der Waals surface area contributed by atoms with Crippen molar-refractivity contribution < 1.29 is 23.7 Å². The summed E-state index contributed by atoms with van der Waals surface area (Å²) >= 11 is 14.1. The standard InChI is InChI=1S/C19H20Cl2N2O5S/c1-26-16-4-3-11(5-18(16)27-2)17(28-19(24)15-9-29-10-22-15)6-12-13(20)7-23(25)8-14(12)21/h3-5,7-8,15,17,22H,6,9-10H2,1-2H3/t15-,17-/m0/s1. The van der Waals surface area contributed by atoms with Gasteiger partial charge >= 0.3 is 5.97 Å². The highest BCUT2D eigenvalue weighted by Crippen LogP contribution is 2.35. The predicted octanol–water partition coefficient (Wildman–Crippen LogP) is 3.13. The van der Waals surface area contributed by atoms with Crippen LogP contribution in [0.15, 0.2) is 30.6 Å². The quantitative estimate of drug-likeness (QED) is 0.387. The minimum Gasteiger partial charge on any atom is -0.619 e. The van der Waals surface area contributed by atoms with E-state index in [4.69, 9.17) is 37.4 Å². The summed E-state index contributed by atoms with van der Waals surface area (Å²) in [5, 5.41) is 15.0. The molecule has 0 aliphatic carbocycles. The molecule has 3 rings (SSSR count). The lowest BCUT2D eigenvalue weighted by Crippen LogP contribution is -2.35. The molecule has 2 aromatic rings. The monoisotopic (exact) mass is 458 g/mol. The Balaban J connectivity index is 1.94. The first-order valence-electron chi connectivity index (χ1n) is 8.73. The van der Waals surface area contributed by atoms with Crippen molar-refractivity contribution in [2.45, 2.75) is 18.6 Å². The number of carbonyl (C=O) groups excluding carboxylic acids is 1. The summed E-state index contributed by atoms with van der Waals surface area (Å²) in [5.74, 6) is 2.03. The number of thioether (sulfide) groups is 1. The van der Waals surface area contributed by atoms with Crippen molar-refractivity contribution in [3.05, 3.63) is 57.0 Å². The number of hydrogen-bond donors (Lipinski definition) is 1. The number of hydrogen-bond acceptors (Lipinski definition) is 7. The maximum atomic E-state index is 12.6. The number of pyridine rings is 1. The maximum Gasteiger partial charge on any atom is 0.324 e. The molecule has 0 unspecified atom stereocenters. The third-order valence-electron chi connectivity index (χ3n) is 4.49. The van der Waals surface area contributed by atoms with Crippen LogP contribution in [-0.4, -0.2) is 37.9 Å². The van der Waals surface area contributed by atoms with Crippen LogP contribution in [-0.2, 0) is 16.0 Å². The van der Waals surface area contributed by atoms with E-state index < -0.39 is 6.10 Å². The van der Waals surface area contributed by atoms with Gasteiger partial charge in [0.1, 0.15) is 22.2 Å². The number of ether oxygens (including phenoxy) is 3. The summed E-state index contributed by atoms with van der Waals surface area (Å²) in [6.45, 7) is 0. The molecule has 1 aliphatic rings. The van der Waals surface area contributed by atoms with E-state index in [0.29, 0.717) is 39.0 Å². The summed E-state index contributed by atoms with van der Waals surface area (Å²) in [7, 11) is 3.07. The van der Waals surface area contributed by atoms with Gasteiger partial charge in [-0.25, -0.2) is 0 Å². The second kappa shape index (κ2) is 9.75. The van der Waals surface area contributed by atoms with Crippen LogP contribution in [0.3, 0.4) is 0 Å². The van der Waals surface area contributed by atoms with Crippen molar-refractivity contribution in [1.29, 1.82) is 0 Å². The number of benzene rings is 1. The third kappa shape index (κ3) is 5.19. The molecule has 1 aliphatic heterocycles. The molecule has 7 nitrogen and oxygen atoms in total. The van der Waals surface area contributed by atoms with E-state index in [1.165, 1.54) is 19.5 Å². The minimum atomic E-state index is -0.688. The van der Waals surface area contributed by atoms with E-state index >= 15 is 0 Å². The van der Waals surface area contributed by atoms with Crippen LogP contribution in [0.25, 0.3) is 0 Å². The Morgan fingerprint density at radius 2 is 1.97 bits per heavy atom. The van der Waals surface area contributed by atoms with Crippen LogP contribution < -0.4 is 19.5 Å². The normalized spacial score (nSPS) is 17.0. The molecular formula is C19H20Cl2N2O5S. The molecule has 1 fully saturated rings. The van der Waals surface area contributed by atoms with Crippen LogP contribution in [0.2, 0.25) is 10.0 Å². The van der Waals surface area contributed by atoms with Gasteiger partial charge in [0.2, 0.25) is 0 Å². The first-order chi connectivity index (χ1) is 13.9. The summed E-state index contributed by atoms with van der Waals surface area (Å²) in [5.41, 5.74) is 1.20. The van der Waals surface area contributed by atoms with E-state index in [1.54, 1.807) is 37.1 Å². The zero-order valence-electron chi connectivity index (χ0n) is 15.8. The van der Waals surface area contributed by atoms with Crippen LogP contribution in [0.1, 0.15) is 17.2 Å². The molecule has 0 amide bonds. The Labute approximate surface area is 182 Å². The molecule has 156 valence electrons. The van der Waals surface area contributed by atoms with Gasteiger partial charge in [-0.15, -0.1) is 11.8 Å². The highest BCUT2D eigenvalue weighted by Gasteiger charge is 2.29. The Bertz CT molecular complexity index is 870. The first-order valence-corrected chi connectivity index (χ1v) is 10.6. The zero-order valence-corrected chi connectivity index (χ0v) is 18.1. The molecule has 10 heteroatoms. The number of carbonyl (C=O) groups is 1. The number of nitrogens with zero attached hydrogens (tertiary/aromatic N) is 1. The van der Waals surface area contributed by atoms with Crippen LogP contribution in [0.4, 0.5) is 0 Å². The number of rotatable bonds is 7. The number of methoxy groups -OCH3 is 2. The second-order valence-electron chi connectivity index (χ2n) is 6.31. The molecule has 2 heterocycles. The second-order valence-corrected chi connectivity index (χ2v) is 8.15. The highest BCUT2D eigenvalue weighted by atomic mass is 35.5. The van der Waals surface area contributed by atoms with Crippen molar-refractivity contribution in [2.24, 2.45) is 0 Å². The van der Waals surface area contributed by atoms with Crippen LogP contribution in [0, 0.1) is 5.21 Å². The Hall–Kier alpha value is -1.87. The van der Waals surface area contributed by atoms with Gasteiger partial charge in [0.15, 0.2) is 23.9 Å². The van der Waals surface area contributed by atoms with Crippen molar-refractivity contribution in [2.75, 3.05) is 25.8 Å². The summed E-state index contributed by atoms with van der Waals surface area (Å²) in [6.07, 6.45) is 1.93. The van der Waals surface area contributed by atoms with Crippen LogP contribution >= 0.6 is 35.0 Å². The molecule has 0 saturated carbocycles. The van der Waals surface area contributed by atoms with Crippen LogP contribution in [0.5, 0.6) is 11.5 Å². The summed E-state index contributed by atoms with van der Waals surface area (Å²) in [6, 6.07) is 4.88. The zero-order chi connectivity index (χ0) is 21.0. The lowest BCUT2D eigenvalue weighted by molar-refractivity contribution is -0.605. The van der Waals surface area contributed by atoms with E-state index in [1.807, 2.05) is 0 Å².